The summed E-state index contributed by atoms with van der Waals surface area (Å²) >= 11 is 0. The van der Waals surface area contributed by atoms with Crippen LogP contribution in [0, 0.1) is 5.41 Å². The lowest BCUT2D eigenvalue weighted by Crippen LogP contribution is -2.40. The Bertz CT molecular complexity index is 234. The SMILES string of the molecule is OCCN1CC2(CC2)C2(C1)OCCO2. The number of ether oxygens (including phenoxy) is 2. The molecule has 3 rings (SSSR count). The van der Waals surface area contributed by atoms with Crippen LogP contribution in [0.15, 0.2) is 0 Å². The van der Waals surface area contributed by atoms with Gasteiger partial charge in [-0.2, -0.15) is 0 Å². The van der Waals surface area contributed by atoms with E-state index in [4.69, 9.17) is 14.6 Å². The normalized spacial score (nSPS) is 33.2. The van der Waals surface area contributed by atoms with E-state index in [1.54, 1.807) is 0 Å². The Kier molecular flexibility index (Phi) is 1.89. The molecule has 2 spiro atoms. The number of aliphatic hydroxyl groups excluding tert-OH is 1. The van der Waals surface area contributed by atoms with Gasteiger partial charge in [0.05, 0.1) is 26.4 Å². The molecule has 0 aromatic carbocycles. The van der Waals surface area contributed by atoms with E-state index in [1.165, 1.54) is 12.8 Å². The molecule has 2 aliphatic heterocycles. The molecule has 0 amide bonds. The van der Waals surface area contributed by atoms with Crippen LogP contribution in [0.4, 0.5) is 0 Å². The maximum Gasteiger partial charge on any atom is 0.188 e. The second-order valence-corrected chi connectivity index (χ2v) is 4.66. The highest BCUT2D eigenvalue weighted by atomic mass is 16.7. The van der Waals surface area contributed by atoms with Crippen LogP contribution >= 0.6 is 0 Å². The van der Waals surface area contributed by atoms with E-state index in [1.807, 2.05) is 0 Å². The van der Waals surface area contributed by atoms with Gasteiger partial charge in [-0.05, 0) is 12.8 Å². The van der Waals surface area contributed by atoms with Gasteiger partial charge in [0.15, 0.2) is 5.79 Å². The highest BCUT2D eigenvalue weighted by Crippen LogP contribution is 2.61. The maximum absolute atomic E-state index is 8.93. The number of fused-ring (bicyclic) bond motifs is 1. The first-order valence-corrected chi connectivity index (χ1v) is 5.41. The van der Waals surface area contributed by atoms with Crippen molar-refractivity contribution in [1.82, 2.24) is 4.90 Å². The van der Waals surface area contributed by atoms with Gasteiger partial charge in [0.25, 0.3) is 0 Å². The van der Waals surface area contributed by atoms with Crippen LogP contribution in [-0.4, -0.2) is 55.2 Å². The number of nitrogens with zero attached hydrogens (tertiary/aromatic N) is 1. The zero-order valence-corrected chi connectivity index (χ0v) is 8.37. The van der Waals surface area contributed by atoms with Gasteiger partial charge >= 0.3 is 0 Å². The minimum absolute atomic E-state index is 0.228. The third kappa shape index (κ3) is 1.08. The molecule has 0 atom stereocenters. The summed E-state index contributed by atoms with van der Waals surface area (Å²) < 4.78 is 11.6. The molecule has 14 heavy (non-hydrogen) atoms. The van der Waals surface area contributed by atoms with Crippen LogP contribution in [0.25, 0.3) is 0 Å². The first-order chi connectivity index (χ1) is 6.80. The van der Waals surface area contributed by atoms with Gasteiger partial charge in [0, 0.05) is 18.5 Å². The number of aliphatic hydroxyl groups is 1. The molecule has 2 heterocycles. The standard InChI is InChI=1S/C10H17NO3/c12-4-3-11-7-9(1-2-9)10(8-11)13-5-6-14-10/h12H,1-8H2. The van der Waals surface area contributed by atoms with Crippen molar-refractivity contribution in [2.45, 2.75) is 18.6 Å². The summed E-state index contributed by atoms with van der Waals surface area (Å²) in [6.07, 6.45) is 2.43. The van der Waals surface area contributed by atoms with Gasteiger partial charge in [-0.1, -0.05) is 0 Å². The molecule has 1 N–H and O–H groups in total. The number of hydrogen-bond acceptors (Lipinski definition) is 4. The smallest absolute Gasteiger partial charge is 0.188 e. The van der Waals surface area contributed by atoms with Crippen molar-refractivity contribution >= 4 is 0 Å². The van der Waals surface area contributed by atoms with Crippen LogP contribution in [0.1, 0.15) is 12.8 Å². The monoisotopic (exact) mass is 199 g/mol. The molecule has 0 unspecified atom stereocenters. The van der Waals surface area contributed by atoms with Crippen LogP contribution in [0.2, 0.25) is 0 Å². The summed E-state index contributed by atoms with van der Waals surface area (Å²) in [5.74, 6) is -0.317. The molecule has 80 valence electrons. The highest BCUT2D eigenvalue weighted by molar-refractivity contribution is 5.13. The predicted octanol–water partition coefficient (Wildman–Crippen LogP) is -0.182. The summed E-state index contributed by atoms with van der Waals surface area (Å²) in [6, 6.07) is 0. The molecule has 0 aromatic rings. The average molecular weight is 199 g/mol. The van der Waals surface area contributed by atoms with Crippen molar-refractivity contribution in [3.8, 4) is 0 Å². The van der Waals surface area contributed by atoms with E-state index in [0.717, 1.165) is 32.8 Å². The zero-order chi connectivity index (χ0) is 9.65. The van der Waals surface area contributed by atoms with Gasteiger partial charge in [-0.15, -0.1) is 0 Å². The fourth-order valence-corrected chi connectivity index (χ4v) is 2.91. The Balaban J connectivity index is 1.78. The second-order valence-electron chi connectivity index (χ2n) is 4.66. The second kappa shape index (κ2) is 2.92. The van der Waals surface area contributed by atoms with E-state index in [0.29, 0.717) is 0 Å². The molecule has 1 saturated carbocycles. The Morgan fingerprint density at radius 1 is 1.14 bits per heavy atom. The van der Waals surface area contributed by atoms with Crippen molar-refractivity contribution in [3.05, 3.63) is 0 Å². The summed E-state index contributed by atoms with van der Waals surface area (Å²) in [5, 5.41) is 8.93. The molecule has 4 heteroatoms. The largest absolute Gasteiger partial charge is 0.395 e. The quantitative estimate of drug-likeness (QED) is 0.670. The van der Waals surface area contributed by atoms with Crippen molar-refractivity contribution in [2.75, 3.05) is 39.5 Å². The Hall–Kier alpha value is -0.160. The van der Waals surface area contributed by atoms with E-state index in [2.05, 4.69) is 4.90 Å². The average Bonchev–Trinajstić information content (AvgIpc) is 2.70. The topological polar surface area (TPSA) is 41.9 Å². The van der Waals surface area contributed by atoms with E-state index in [-0.39, 0.29) is 17.8 Å². The maximum atomic E-state index is 8.93. The minimum atomic E-state index is -0.317. The number of likely N-dealkylation sites (tertiary alicyclic amines) is 1. The van der Waals surface area contributed by atoms with Crippen LogP contribution in [-0.2, 0) is 9.47 Å². The lowest BCUT2D eigenvalue weighted by molar-refractivity contribution is -0.182. The molecule has 1 aliphatic carbocycles. The first kappa shape index (κ1) is 9.09. The fraction of sp³-hybridized carbons (Fsp3) is 1.00. The van der Waals surface area contributed by atoms with Crippen molar-refractivity contribution in [2.24, 2.45) is 5.41 Å². The van der Waals surface area contributed by atoms with Gasteiger partial charge in [0.1, 0.15) is 0 Å². The molecule has 2 saturated heterocycles. The summed E-state index contributed by atoms with van der Waals surface area (Å²) in [5.41, 5.74) is 0.263. The lowest BCUT2D eigenvalue weighted by Gasteiger charge is -2.28. The van der Waals surface area contributed by atoms with Gasteiger partial charge in [-0.25, -0.2) is 0 Å². The molecular weight excluding hydrogens is 182 g/mol. The first-order valence-electron chi connectivity index (χ1n) is 5.41. The molecule has 0 bridgehead atoms. The zero-order valence-electron chi connectivity index (χ0n) is 8.37. The predicted molar refractivity (Wildman–Crippen MR) is 49.8 cm³/mol. The van der Waals surface area contributed by atoms with Gasteiger partial charge in [-0.3, -0.25) is 4.90 Å². The molecule has 0 aromatic heterocycles. The van der Waals surface area contributed by atoms with Gasteiger partial charge in [0.2, 0.25) is 0 Å². The highest BCUT2D eigenvalue weighted by Gasteiger charge is 2.67. The number of rotatable bonds is 2. The van der Waals surface area contributed by atoms with Crippen molar-refractivity contribution in [3.63, 3.8) is 0 Å². The molecule has 4 nitrogen and oxygen atoms in total. The summed E-state index contributed by atoms with van der Waals surface area (Å²) in [4.78, 5) is 2.26. The van der Waals surface area contributed by atoms with Crippen LogP contribution < -0.4 is 0 Å². The third-order valence-corrected chi connectivity index (χ3v) is 3.79. The van der Waals surface area contributed by atoms with Crippen molar-refractivity contribution in [1.29, 1.82) is 0 Å². The number of β-amino-alcohol motifs (C(OH)–C–C–N with tert-alkyl or cyclic N) is 1. The van der Waals surface area contributed by atoms with Crippen LogP contribution in [0.3, 0.4) is 0 Å². The molecule has 3 fully saturated rings. The Morgan fingerprint density at radius 2 is 1.86 bits per heavy atom. The molecular formula is C10H17NO3. The Morgan fingerprint density at radius 3 is 2.43 bits per heavy atom. The lowest BCUT2D eigenvalue weighted by atomic mass is 10.00. The van der Waals surface area contributed by atoms with E-state index >= 15 is 0 Å². The summed E-state index contributed by atoms with van der Waals surface area (Å²) in [6.45, 7) is 4.31. The van der Waals surface area contributed by atoms with Crippen LogP contribution in [0.5, 0.6) is 0 Å². The minimum Gasteiger partial charge on any atom is -0.395 e. The molecule has 3 aliphatic rings. The Labute approximate surface area is 83.8 Å². The van der Waals surface area contributed by atoms with Gasteiger partial charge < -0.3 is 14.6 Å². The third-order valence-electron chi connectivity index (χ3n) is 3.79. The summed E-state index contributed by atoms with van der Waals surface area (Å²) in [7, 11) is 0. The fourth-order valence-electron chi connectivity index (χ4n) is 2.91. The number of hydrogen-bond donors (Lipinski definition) is 1. The van der Waals surface area contributed by atoms with E-state index < -0.39 is 0 Å². The molecule has 0 radical (unpaired) electrons. The van der Waals surface area contributed by atoms with E-state index in [9.17, 15) is 0 Å². The van der Waals surface area contributed by atoms with Crippen molar-refractivity contribution < 1.29 is 14.6 Å².